The molecule has 0 spiro atoms. The number of halogens is 1. The van der Waals surface area contributed by atoms with Gasteiger partial charge in [0, 0.05) is 6.20 Å². The summed E-state index contributed by atoms with van der Waals surface area (Å²) in [4.78, 5) is 8.53. The van der Waals surface area contributed by atoms with Gasteiger partial charge < -0.3 is 5.32 Å². The second-order valence-corrected chi connectivity index (χ2v) is 5.42. The normalized spacial score (nSPS) is 10.8. The quantitative estimate of drug-likeness (QED) is 0.831. The maximum Gasteiger partial charge on any atom is 0.130 e. The molecule has 0 saturated carbocycles. The lowest BCUT2D eigenvalue weighted by molar-refractivity contribution is 0.848. The van der Waals surface area contributed by atoms with Crippen molar-refractivity contribution >= 4 is 23.1 Å². The largest absolute Gasteiger partial charge is 0.339 e. The van der Waals surface area contributed by atoms with Gasteiger partial charge in [0.1, 0.15) is 11.0 Å². The Bertz CT molecular complexity index is 594. The Morgan fingerprint density at radius 3 is 2.37 bits per heavy atom. The van der Waals surface area contributed by atoms with E-state index >= 15 is 0 Å². The lowest BCUT2D eigenvalue weighted by Crippen LogP contribution is -2.00. The van der Waals surface area contributed by atoms with Gasteiger partial charge >= 0.3 is 0 Å². The van der Waals surface area contributed by atoms with Crippen LogP contribution in [-0.4, -0.2) is 9.97 Å². The standard InChI is InChI=1S/C15H18ClN3/c1-9(2)12-7-18-15(6-10(12)3)19-13-8-17-14(16)5-11(13)4/h5-9H,1-4H3,(H,18,19). The van der Waals surface area contributed by atoms with Gasteiger partial charge in [-0.1, -0.05) is 25.4 Å². The summed E-state index contributed by atoms with van der Waals surface area (Å²) in [5.41, 5.74) is 4.49. The summed E-state index contributed by atoms with van der Waals surface area (Å²) in [7, 11) is 0. The van der Waals surface area contributed by atoms with E-state index in [1.165, 1.54) is 11.1 Å². The molecular weight excluding hydrogens is 258 g/mol. The summed E-state index contributed by atoms with van der Waals surface area (Å²) >= 11 is 5.85. The third-order valence-corrected chi connectivity index (χ3v) is 3.32. The Morgan fingerprint density at radius 2 is 1.79 bits per heavy atom. The first-order valence-electron chi connectivity index (χ1n) is 6.33. The van der Waals surface area contributed by atoms with Crippen molar-refractivity contribution in [1.29, 1.82) is 0 Å². The van der Waals surface area contributed by atoms with Crippen LogP contribution in [0.5, 0.6) is 0 Å². The Balaban J connectivity index is 2.26. The lowest BCUT2D eigenvalue weighted by Gasteiger charge is -2.13. The van der Waals surface area contributed by atoms with Gasteiger partial charge in [-0.25, -0.2) is 9.97 Å². The second-order valence-electron chi connectivity index (χ2n) is 5.03. The zero-order valence-electron chi connectivity index (χ0n) is 11.7. The van der Waals surface area contributed by atoms with Crippen molar-refractivity contribution in [2.24, 2.45) is 0 Å². The fourth-order valence-electron chi connectivity index (χ4n) is 2.03. The summed E-state index contributed by atoms with van der Waals surface area (Å²) < 4.78 is 0. The van der Waals surface area contributed by atoms with Crippen molar-refractivity contribution in [3.8, 4) is 0 Å². The molecule has 2 rings (SSSR count). The first kappa shape index (κ1) is 13.8. The molecule has 1 N–H and O–H groups in total. The van der Waals surface area contributed by atoms with Gasteiger partial charge in [-0.15, -0.1) is 0 Å². The van der Waals surface area contributed by atoms with E-state index in [0.717, 1.165) is 17.1 Å². The number of rotatable bonds is 3. The Labute approximate surface area is 119 Å². The van der Waals surface area contributed by atoms with Crippen LogP contribution in [0.3, 0.4) is 0 Å². The number of aromatic nitrogens is 2. The Morgan fingerprint density at radius 1 is 1.05 bits per heavy atom. The van der Waals surface area contributed by atoms with Crippen molar-refractivity contribution in [1.82, 2.24) is 9.97 Å². The number of nitrogens with zero attached hydrogens (tertiary/aromatic N) is 2. The molecule has 0 aliphatic carbocycles. The van der Waals surface area contributed by atoms with E-state index in [1.54, 1.807) is 6.20 Å². The van der Waals surface area contributed by atoms with Crippen LogP contribution in [0.1, 0.15) is 36.5 Å². The van der Waals surface area contributed by atoms with Gasteiger partial charge in [0.05, 0.1) is 11.9 Å². The summed E-state index contributed by atoms with van der Waals surface area (Å²) in [5.74, 6) is 1.31. The molecule has 0 bridgehead atoms. The summed E-state index contributed by atoms with van der Waals surface area (Å²) in [6.07, 6.45) is 3.66. The van der Waals surface area contributed by atoms with Crippen LogP contribution >= 0.6 is 11.6 Å². The molecule has 4 heteroatoms. The van der Waals surface area contributed by atoms with Crippen molar-refractivity contribution in [3.05, 3.63) is 46.4 Å². The monoisotopic (exact) mass is 275 g/mol. The fraction of sp³-hybridized carbons (Fsp3) is 0.333. The minimum Gasteiger partial charge on any atom is -0.339 e. The molecule has 2 aromatic rings. The van der Waals surface area contributed by atoms with E-state index in [2.05, 4.69) is 42.1 Å². The maximum atomic E-state index is 5.85. The Kier molecular flexibility index (Phi) is 4.05. The highest BCUT2D eigenvalue weighted by molar-refractivity contribution is 6.29. The van der Waals surface area contributed by atoms with E-state index in [9.17, 15) is 0 Å². The fourth-order valence-corrected chi connectivity index (χ4v) is 2.24. The van der Waals surface area contributed by atoms with Crippen molar-refractivity contribution in [2.45, 2.75) is 33.6 Å². The molecule has 2 heterocycles. The molecule has 0 aliphatic rings. The van der Waals surface area contributed by atoms with E-state index in [0.29, 0.717) is 11.1 Å². The number of aryl methyl sites for hydroxylation is 2. The molecule has 0 amide bonds. The molecule has 2 aromatic heterocycles. The molecule has 0 unspecified atom stereocenters. The van der Waals surface area contributed by atoms with Crippen LogP contribution < -0.4 is 5.32 Å². The number of anilines is 2. The van der Waals surface area contributed by atoms with Gasteiger partial charge in [0.25, 0.3) is 0 Å². The number of hydrogen-bond donors (Lipinski definition) is 1. The SMILES string of the molecule is Cc1cc(Cl)ncc1Nc1cc(C)c(C(C)C)cn1. The van der Waals surface area contributed by atoms with Crippen molar-refractivity contribution in [2.75, 3.05) is 5.32 Å². The lowest BCUT2D eigenvalue weighted by atomic mass is 10.0. The highest BCUT2D eigenvalue weighted by Crippen LogP contribution is 2.24. The third kappa shape index (κ3) is 3.24. The van der Waals surface area contributed by atoms with E-state index in [4.69, 9.17) is 11.6 Å². The maximum absolute atomic E-state index is 5.85. The number of hydrogen-bond acceptors (Lipinski definition) is 3. The van der Waals surface area contributed by atoms with E-state index in [-0.39, 0.29) is 0 Å². The van der Waals surface area contributed by atoms with Crippen LogP contribution in [0.2, 0.25) is 5.15 Å². The summed E-state index contributed by atoms with van der Waals surface area (Å²) in [6, 6.07) is 3.89. The second kappa shape index (κ2) is 5.57. The first-order chi connectivity index (χ1) is 8.97. The zero-order chi connectivity index (χ0) is 14.0. The van der Waals surface area contributed by atoms with Gasteiger partial charge in [0.2, 0.25) is 0 Å². The molecule has 0 aliphatic heterocycles. The molecule has 0 aromatic carbocycles. The van der Waals surface area contributed by atoms with Crippen LogP contribution in [0.4, 0.5) is 11.5 Å². The van der Waals surface area contributed by atoms with Crippen LogP contribution in [0.25, 0.3) is 0 Å². The minimum absolute atomic E-state index is 0.487. The van der Waals surface area contributed by atoms with E-state index < -0.39 is 0 Å². The third-order valence-electron chi connectivity index (χ3n) is 3.11. The summed E-state index contributed by atoms with van der Waals surface area (Å²) in [5, 5.41) is 3.78. The highest BCUT2D eigenvalue weighted by Gasteiger charge is 2.07. The Hall–Kier alpha value is -1.61. The molecule has 100 valence electrons. The van der Waals surface area contributed by atoms with Gasteiger partial charge in [-0.2, -0.15) is 0 Å². The van der Waals surface area contributed by atoms with E-state index in [1.807, 2.05) is 19.2 Å². The average molecular weight is 276 g/mol. The smallest absolute Gasteiger partial charge is 0.130 e. The number of nitrogens with one attached hydrogen (secondary N) is 1. The summed E-state index contributed by atoms with van der Waals surface area (Å²) in [6.45, 7) is 8.44. The molecule has 3 nitrogen and oxygen atoms in total. The zero-order valence-corrected chi connectivity index (χ0v) is 12.4. The van der Waals surface area contributed by atoms with Crippen molar-refractivity contribution < 1.29 is 0 Å². The van der Waals surface area contributed by atoms with Crippen LogP contribution in [-0.2, 0) is 0 Å². The average Bonchev–Trinajstić information content (AvgIpc) is 2.32. The van der Waals surface area contributed by atoms with Gasteiger partial charge in [-0.3, -0.25) is 0 Å². The molecular formula is C15H18ClN3. The molecule has 19 heavy (non-hydrogen) atoms. The predicted molar refractivity (Wildman–Crippen MR) is 80.3 cm³/mol. The van der Waals surface area contributed by atoms with Crippen molar-refractivity contribution in [3.63, 3.8) is 0 Å². The molecule has 0 saturated heterocycles. The predicted octanol–water partition coefficient (Wildman–Crippen LogP) is 4.61. The van der Waals surface area contributed by atoms with Gasteiger partial charge in [0.15, 0.2) is 0 Å². The first-order valence-corrected chi connectivity index (χ1v) is 6.71. The molecule has 0 atom stereocenters. The topological polar surface area (TPSA) is 37.8 Å². The molecule has 0 radical (unpaired) electrons. The van der Waals surface area contributed by atoms with Crippen LogP contribution in [0.15, 0.2) is 24.5 Å². The molecule has 0 fully saturated rings. The van der Waals surface area contributed by atoms with Gasteiger partial charge in [-0.05, 0) is 48.6 Å². The van der Waals surface area contributed by atoms with Crippen LogP contribution in [0, 0.1) is 13.8 Å². The number of pyridine rings is 2. The highest BCUT2D eigenvalue weighted by atomic mass is 35.5. The minimum atomic E-state index is 0.487.